The molecule has 4 heteroatoms. The molecule has 0 aliphatic carbocycles. The lowest BCUT2D eigenvalue weighted by atomic mass is 10.0. The number of carbonyl (C=O) groups excluding carboxylic acids is 2. The Bertz CT molecular complexity index is 916. The summed E-state index contributed by atoms with van der Waals surface area (Å²) >= 11 is 0. The molecule has 0 aliphatic heterocycles. The van der Waals surface area contributed by atoms with Gasteiger partial charge >= 0.3 is 5.97 Å². The summed E-state index contributed by atoms with van der Waals surface area (Å²) < 4.78 is 4.98. The first kappa shape index (κ1) is 18.4. The molecule has 1 amide bonds. The van der Waals surface area contributed by atoms with Crippen LogP contribution in [0, 0.1) is 0 Å². The third-order valence-corrected chi connectivity index (χ3v) is 4.24. The predicted molar refractivity (Wildman–Crippen MR) is 106 cm³/mol. The summed E-state index contributed by atoms with van der Waals surface area (Å²) in [5.74, 6) is -0.146. The van der Waals surface area contributed by atoms with Crippen LogP contribution < -0.4 is 10.1 Å². The molecular weight excluding hydrogens is 338 g/mol. The van der Waals surface area contributed by atoms with Gasteiger partial charge in [-0.25, -0.2) is 0 Å². The van der Waals surface area contributed by atoms with E-state index >= 15 is 0 Å². The Morgan fingerprint density at radius 2 is 1.41 bits per heavy atom. The van der Waals surface area contributed by atoms with Gasteiger partial charge in [-0.05, 0) is 47.9 Å². The highest BCUT2D eigenvalue weighted by atomic mass is 16.5. The second kappa shape index (κ2) is 8.32. The minimum atomic E-state index is -0.389. The van der Waals surface area contributed by atoms with Gasteiger partial charge in [0, 0.05) is 12.5 Å². The van der Waals surface area contributed by atoms with Crippen LogP contribution in [0.25, 0.3) is 11.1 Å². The smallest absolute Gasteiger partial charge is 0.308 e. The van der Waals surface area contributed by atoms with Crippen LogP contribution in [0.3, 0.4) is 0 Å². The lowest BCUT2D eigenvalue weighted by Crippen LogP contribution is -2.26. The van der Waals surface area contributed by atoms with Gasteiger partial charge in [-0.15, -0.1) is 0 Å². The van der Waals surface area contributed by atoms with Crippen molar-refractivity contribution in [2.45, 2.75) is 19.9 Å². The molecule has 3 rings (SSSR count). The van der Waals surface area contributed by atoms with Gasteiger partial charge < -0.3 is 10.1 Å². The van der Waals surface area contributed by atoms with Gasteiger partial charge in [-0.2, -0.15) is 0 Å². The molecule has 0 bridgehead atoms. The third kappa shape index (κ3) is 4.82. The zero-order valence-corrected chi connectivity index (χ0v) is 15.3. The summed E-state index contributed by atoms with van der Waals surface area (Å²) in [6.45, 7) is 3.29. The van der Waals surface area contributed by atoms with Crippen LogP contribution in [0.15, 0.2) is 78.9 Å². The Balaban J connectivity index is 1.65. The minimum Gasteiger partial charge on any atom is -0.427 e. The number of benzene rings is 3. The maximum atomic E-state index is 12.4. The van der Waals surface area contributed by atoms with E-state index in [-0.39, 0.29) is 17.9 Å². The first-order valence-electron chi connectivity index (χ1n) is 8.77. The number of rotatable bonds is 5. The van der Waals surface area contributed by atoms with E-state index in [1.54, 1.807) is 24.3 Å². The fraction of sp³-hybridized carbons (Fsp3) is 0.130. The van der Waals surface area contributed by atoms with Gasteiger partial charge in [0.2, 0.25) is 0 Å². The summed E-state index contributed by atoms with van der Waals surface area (Å²) in [7, 11) is 0. The lowest BCUT2D eigenvalue weighted by Gasteiger charge is -2.15. The Hall–Kier alpha value is -3.40. The van der Waals surface area contributed by atoms with Gasteiger partial charge in [0.15, 0.2) is 0 Å². The van der Waals surface area contributed by atoms with E-state index in [2.05, 4.69) is 29.6 Å². The van der Waals surface area contributed by atoms with Gasteiger partial charge in [0.05, 0.1) is 6.04 Å². The van der Waals surface area contributed by atoms with Crippen molar-refractivity contribution in [3.05, 3.63) is 90.0 Å². The van der Waals surface area contributed by atoms with Crippen LogP contribution >= 0.6 is 0 Å². The molecule has 3 aromatic carbocycles. The number of hydrogen-bond donors (Lipinski definition) is 1. The maximum absolute atomic E-state index is 12.4. The van der Waals surface area contributed by atoms with Crippen molar-refractivity contribution in [1.29, 1.82) is 0 Å². The van der Waals surface area contributed by atoms with Crippen LogP contribution in [0.1, 0.15) is 35.8 Å². The Labute approximate surface area is 158 Å². The Morgan fingerprint density at radius 3 is 2.00 bits per heavy atom. The van der Waals surface area contributed by atoms with E-state index in [1.165, 1.54) is 6.92 Å². The molecule has 0 fully saturated rings. The quantitative estimate of drug-likeness (QED) is 0.527. The molecule has 1 N–H and O–H groups in total. The lowest BCUT2D eigenvalue weighted by molar-refractivity contribution is -0.131. The molecule has 0 saturated carbocycles. The van der Waals surface area contributed by atoms with E-state index in [9.17, 15) is 9.59 Å². The van der Waals surface area contributed by atoms with Gasteiger partial charge in [0.25, 0.3) is 5.91 Å². The molecule has 0 saturated heterocycles. The maximum Gasteiger partial charge on any atom is 0.308 e. The highest BCUT2D eigenvalue weighted by Gasteiger charge is 2.12. The van der Waals surface area contributed by atoms with E-state index in [1.807, 2.05) is 37.3 Å². The number of ether oxygens (including phenoxy) is 1. The normalized spacial score (nSPS) is 11.5. The molecule has 0 heterocycles. The van der Waals surface area contributed by atoms with E-state index < -0.39 is 0 Å². The van der Waals surface area contributed by atoms with Gasteiger partial charge in [0.1, 0.15) is 5.75 Å². The monoisotopic (exact) mass is 359 g/mol. The summed E-state index contributed by atoms with van der Waals surface area (Å²) in [4.78, 5) is 23.4. The number of amides is 1. The third-order valence-electron chi connectivity index (χ3n) is 4.24. The SMILES string of the molecule is CC(=O)Oc1ccc(C(=O)NC(C)c2ccc(-c3ccccc3)cc2)cc1. The van der Waals surface area contributed by atoms with Crippen LogP contribution in [0.5, 0.6) is 5.75 Å². The summed E-state index contributed by atoms with van der Waals surface area (Å²) in [5, 5.41) is 2.99. The first-order valence-corrected chi connectivity index (χ1v) is 8.77. The molecule has 0 aromatic heterocycles. The van der Waals surface area contributed by atoms with Crippen LogP contribution in [-0.2, 0) is 4.79 Å². The fourth-order valence-corrected chi connectivity index (χ4v) is 2.80. The molecule has 1 unspecified atom stereocenters. The second-order valence-corrected chi connectivity index (χ2v) is 6.30. The fourth-order valence-electron chi connectivity index (χ4n) is 2.80. The van der Waals surface area contributed by atoms with Crippen molar-refractivity contribution in [2.75, 3.05) is 0 Å². The average Bonchev–Trinajstić information content (AvgIpc) is 2.69. The van der Waals surface area contributed by atoms with Crippen LogP contribution in [0.2, 0.25) is 0 Å². The van der Waals surface area contributed by atoms with Crippen molar-refractivity contribution in [3.8, 4) is 16.9 Å². The second-order valence-electron chi connectivity index (χ2n) is 6.30. The molecule has 136 valence electrons. The molecule has 4 nitrogen and oxygen atoms in total. The average molecular weight is 359 g/mol. The first-order chi connectivity index (χ1) is 13.0. The highest BCUT2D eigenvalue weighted by molar-refractivity contribution is 5.94. The van der Waals surface area contributed by atoms with Crippen molar-refractivity contribution >= 4 is 11.9 Å². The molecule has 27 heavy (non-hydrogen) atoms. The topological polar surface area (TPSA) is 55.4 Å². The van der Waals surface area contributed by atoms with Gasteiger partial charge in [-0.1, -0.05) is 54.6 Å². The summed E-state index contributed by atoms with van der Waals surface area (Å²) in [5.41, 5.74) is 3.84. The van der Waals surface area contributed by atoms with Gasteiger partial charge in [-0.3, -0.25) is 9.59 Å². The number of carbonyl (C=O) groups is 2. The number of esters is 1. The van der Waals surface area contributed by atoms with E-state index in [4.69, 9.17) is 4.74 Å². The zero-order valence-electron chi connectivity index (χ0n) is 15.3. The Morgan fingerprint density at radius 1 is 0.815 bits per heavy atom. The van der Waals surface area contributed by atoms with E-state index in [0.717, 1.165) is 16.7 Å². The molecule has 0 spiro atoms. The zero-order chi connectivity index (χ0) is 19.2. The molecule has 0 radical (unpaired) electrons. The standard InChI is InChI=1S/C23H21NO3/c1-16(18-8-10-20(11-9-18)19-6-4-3-5-7-19)24-23(26)21-12-14-22(15-13-21)27-17(2)25/h3-16H,1-2H3,(H,24,26). The summed E-state index contributed by atoms with van der Waals surface area (Å²) in [6, 6.07) is 24.7. The van der Waals surface area contributed by atoms with Crippen molar-refractivity contribution < 1.29 is 14.3 Å². The van der Waals surface area contributed by atoms with Crippen LogP contribution in [0.4, 0.5) is 0 Å². The molecule has 1 atom stereocenters. The van der Waals surface area contributed by atoms with E-state index in [0.29, 0.717) is 11.3 Å². The minimum absolute atomic E-state index is 0.129. The van der Waals surface area contributed by atoms with Crippen molar-refractivity contribution in [1.82, 2.24) is 5.32 Å². The van der Waals surface area contributed by atoms with Crippen LogP contribution in [-0.4, -0.2) is 11.9 Å². The predicted octanol–water partition coefficient (Wildman–Crippen LogP) is 4.77. The highest BCUT2D eigenvalue weighted by Crippen LogP contribution is 2.22. The Kier molecular flexibility index (Phi) is 5.67. The number of hydrogen-bond acceptors (Lipinski definition) is 3. The largest absolute Gasteiger partial charge is 0.427 e. The molecule has 3 aromatic rings. The van der Waals surface area contributed by atoms with Crippen molar-refractivity contribution in [2.24, 2.45) is 0 Å². The molecular formula is C23H21NO3. The summed E-state index contributed by atoms with van der Waals surface area (Å²) in [6.07, 6.45) is 0. The number of nitrogens with one attached hydrogen (secondary N) is 1. The van der Waals surface area contributed by atoms with Crippen molar-refractivity contribution in [3.63, 3.8) is 0 Å². The molecule has 0 aliphatic rings.